The summed E-state index contributed by atoms with van der Waals surface area (Å²) in [6, 6.07) is 3.39. The summed E-state index contributed by atoms with van der Waals surface area (Å²) in [6.07, 6.45) is 3.24. The van der Waals surface area contributed by atoms with Gasteiger partial charge in [-0.1, -0.05) is 6.92 Å². The van der Waals surface area contributed by atoms with Gasteiger partial charge in [-0.15, -0.1) is 11.3 Å². The summed E-state index contributed by atoms with van der Waals surface area (Å²) < 4.78 is 0. The molecular formula is C14H19NO3S2. The van der Waals surface area contributed by atoms with E-state index in [2.05, 4.69) is 6.92 Å². The topological polar surface area (TPSA) is 57.6 Å². The second-order valence-corrected chi connectivity index (χ2v) is 7.59. The molecule has 0 saturated heterocycles. The summed E-state index contributed by atoms with van der Waals surface area (Å²) in [6.45, 7) is 2.16. The molecular weight excluding hydrogens is 294 g/mol. The lowest BCUT2D eigenvalue weighted by molar-refractivity contribution is 0.0701. The van der Waals surface area contributed by atoms with Gasteiger partial charge < -0.3 is 10.0 Å². The average Bonchev–Trinajstić information content (AvgIpc) is 3.06. The molecule has 1 heterocycles. The van der Waals surface area contributed by atoms with E-state index in [-0.39, 0.29) is 16.8 Å². The first-order chi connectivity index (χ1) is 9.52. The zero-order valence-corrected chi connectivity index (χ0v) is 13.3. The number of amides is 1. The highest BCUT2D eigenvalue weighted by atomic mass is 32.2. The van der Waals surface area contributed by atoms with Crippen LogP contribution in [0.5, 0.6) is 0 Å². The van der Waals surface area contributed by atoms with Crippen LogP contribution in [-0.2, 0) is 0 Å². The molecule has 1 N–H and O–H groups in total. The fraction of sp³-hybridized carbons (Fsp3) is 0.571. The maximum atomic E-state index is 12.4. The molecule has 1 amide bonds. The van der Waals surface area contributed by atoms with Gasteiger partial charge in [-0.05, 0) is 37.1 Å². The van der Waals surface area contributed by atoms with Gasteiger partial charge in [-0.3, -0.25) is 4.79 Å². The standard InChI is InChI=1S/C14H19NO3S2/c1-3-19-10-5-4-9(8-10)15(2)13(16)11-6-7-12(20-11)14(17)18/h6-7,9-10H,3-5,8H2,1-2H3,(H,17,18). The van der Waals surface area contributed by atoms with Crippen molar-refractivity contribution in [3.63, 3.8) is 0 Å². The largest absolute Gasteiger partial charge is 0.477 e. The minimum atomic E-state index is -0.975. The van der Waals surface area contributed by atoms with Crippen LogP contribution < -0.4 is 0 Å². The smallest absolute Gasteiger partial charge is 0.345 e. The number of thioether (sulfide) groups is 1. The number of rotatable bonds is 5. The Kier molecular flexibility index (Phi) is 5.10. The van der Waals surface area contributed by atoms with Gasteiger partial charge in [0.1, 0.15) is 4.88 Å². The normalized spacial score (nSPS) is 21.9. The second kappa shape index (κ2) is 6.63. The maximum absolute atomic E-state index is 12.4. The monoisotopic (exact) mass is 313 g/mol. The van der Waals surface area contributed by atoms with Crippen LogP contribution >= 0.6 is 23.1 Å². The molecule has 1 aromatic rings. The molecule has 1 aliphatic carbocycles. The Morgan fingerprint density at radius 1 is 1.40 bits per heavy atom. The molecule has 0 aliphatic heterocycles. The molecule has 0 radical (unpaired) electrons. The van der Waals surface area contributed by atoms with E-state index >= 15 is 0 Å². The zero-order valence-electron chi connectivity index (χ0n) is 11.7. The van der Waals surface area contributed by atoms with Crippen LogP contribution in [0.1, 0.15) is 45.5 Å². The van der Waals surface area contributed by atoms with E-state index in [1.165, 1.54) is 6.07 Å². The van der Waals surface area contributed by atoms with E-state index in [0.717, 1.165) is 36.4 Å². The Labute approximate surface area is 127 Å². The summed E-state index contributed by atoms with van der Waals surface area (Å²) in [7, 11) is 1.83. The molecule has 1 saturated carbocycles. The average molecular weight is 313 g/mol. The van der Waals surface area contributed by atoms with Gasteiger partial charge in [-0.2, -0.15) is 11.8 Å². The van der Waals surface area contributed by atoms with E-state index in [0.29, 0.717) is 10.1 Å². The first-order valence-corrected chi connectivity index (χ1v) is 8.61. The third kappa shape index (κ3) is 3.35. The third-order valence-corrected chi connectivity index (χ3v) is 5.95. The van der Waals surface area contributed by atoms with Crippen LogP contribution in [0.2, 0.25) is 0 Å². The maximum Gasteiger partial charge on any atom is 0.345 e. The van der Waals surface area contributed by atoms with E-state index in [4.69, 9.17) is 5.11 Å². The van der Waals surface area contributed by atoms with Gasteiger partial charge in [0.15, 0.2) is 0 Å². The highest BCUT2D eigenvalue weighted by Crippen LogP contribution is 2.33. The van der Waals surface area contributed by atoms with Gasteiger partial charge in [0.2, 0.25) is 0 Å². The van der Waals surface area contributed by atoms with Crippen molar-refractivity contribution in [1.29, 1.82) is 0 Å². The van der Waals surface area contributed by atoms with Gasteiger partial charge in [0, 0.05) is 18.3 Å². The molecule has 4 nitrogen and oxygen atoms in total. The molecule has 0 bridgehead atoms. The lowest BCUT2D eigenvalue weighted by Crippen LogP contribution is -2.35. The first-order valence-electron chi connectivity index (χ1n) is 6.74. The number of carbonyl (C=O) groups is 2. The number of carboxylic acid groups (broad SMARTS) is 1. The lowest BCUT2D eigenvalue weighted by Gasteiger charge is -2.24. The Hall–Kier alpha value is -1.01. The van der Waals surface area contributed by atoms with Crippen LogP contribution in [0.15, 0.2) is 12.1 Å². The van der Waals surface area contributed by atoms with Crippen molar-refractivity contribution < 1.29 is 14.7 Å². The molecule has 20 heavy (non-hydrogen) atoms. The second-order valence-electron chi connectivity index (χ2n) is 4.93. The predicted octanol–water partition coefficient (Wildman–Crippen LogP) is 3.19. The molecule has 2 rings (SSSR count). The summed E-state index contributed by atoms with van der Waals surface area (Å²) in [4.78, 5) is 25.7. The van der Waals surface area contributed by atoms with E-state index in [1.54, 1.807) is 11.0 Å². The molecule has 2 unspecified atom stereocenters. The van der Waals surface area contributed by atoms with Gasteiger partial charge >= 0.3 is 5.97 Å². The summed E-state index contributed by atoms with van der Waals surface area (Å²) in [5, 5.41) is 9.56. The molecule has 6 heteroatoms. The minimum absolute atomic E-state index is 0.0605. The van der Waals surface area contributed by atoms with Crippen LogP contribution in [0.3, 0.4) is 0 Å². The lowest BCUT2D eigenvalue weighted by atomic mass is 10.2. The third-order valence-electron chi connectivity index (χ3n) is 3.65. The number of carboxylic acids is 1. The van der Waals surface area contributed by atoms with Crippen molar-refractivity contribution in [2.24, 2.45) is 0 Å². The molecule has 0 aromatic carbocycles. The van der Waals surface area contributed by atoms with Crippen LogP contribution in [-0.4, -0.2) is 46.0 Å². The zero-order chi connectivity index (χ0) is 14.7. The number of nitrogens with zero attached hydrogens (tertiary/aromatic N) is 1. The van der Waals surface area contributed by atoms with Crippen LogP contribution in [0.25, 0.3) is 0 Å². The fourth-order valence-electron chi connectivity index (χ4n) is 2.56. The van der Waals surface area contributed by atoms with Crippen molar-refractivity contribution in [2.75, 3.05) is 12.8 Å². The summed E-state index contributed by atoms with van der Waals surface area (Å²) in [5.74, 6) is 0.0775. The van der Waals surface area contributed by atoms with Crippen LogP contribution in [0, 0.1) is 0 Å². The molecule has 2 atom stereocenters. The Balaban J connectivity index is 1.99. The van der Waals surface area contributed by atoms with E-state index in [1.807, 2.05) is 18.8 Å². The van der Waals surface area contributed by atoms with Gasteiger partial charge in [0.25, 0.3) is 5.91 Å². The first kappa shape index (κ1) is 15.4. The van der Waals surface area contributed by atoms with Gasteiger partial charge in [-0.25, -0.2) is 4.79 Å². The van der Waals surface area contributed by atoms with Crippen molar-refractivity contribution in [1.82, 2.24) is 4.90 Å². The SMILES string of the molecule is CCSC1CCC(N(C)C(=O)c2ccc(C(=O)O)s2)C1. The predicted molar refractivity (Wildman–Crippen MR) is 82.9 cm³/mol. The van der Waals surface area contributed by atoms with Crippen molar-refractivity contribution in [2.45, 2.75) is 37.5 Å². The van der Waals surface area contributed by atoms with Crippen molar-refractivity contribution >= 4 is 35.0 Å². The Morgan fingerprint density at radius 3 is 2.70 bits per heavy atom. The fourth-order valence-corrected chi connectivity index (χ4v) is 4.52. The summed E-state index contributed by atoms with van der Waals surface area (Å²) in [5.41, 5.74) is 0. The number of hydrogen-bond donors (Lipinski definition) is 1. The highest BCUT2D eigenvalue weighted by Gasteiger charge is 2.30. The quantitative estimate of drug-likeness (QED) is 0.907. The number of carbonyl (C=O) groups excluding carboxylic acids is 1. The van der Waals surface area contributed by atoms with Crippen LogP contribution in [0.4, 0.5) is 0 Å². The Morgan fingerprint density at radius 2 is 2.10 bits per heavy atom. The molecule has 110 valence electrons. The molecule has 1 fully saturated rings. The Bertz CT molecular complexity index is 500. The molecule has 0 spiro atoms. The number of hydrogen-bond acceptors (Lipinski definition) is 4. The minimum Gasteiger partial charge on any atom is -0.477 e. The van der Waals surface area contributed by atoms with Crippen molar-refractivity contribution in [3.8, 4) is 0 Å². The molecule has 1 aromatic heterocycles. The van der Waals surface area contributed by atoms with Gasteiger partial charge in [0.05, 0.1) is 4.88 Å². The highest BCUT2D eigenvalue weighted by molar-refractivity contribution is 7.99. The van der Waals surface area contributed by atoms with E-state index in [9.17, 15) is 9.59 Å². The number of thiophene rings is 1. The molecule has 1 aliphatic rings. The van der Waals surface area contributed by atoms with E-state index < -0.39 is 5.97 Å². The summed E-state index contributed by atoms with van der Waals surface area (Å²) >= 11 is 3.01. The van der Waals surface area contributed by atoms with Crippen molar-refractivity contribution in [3.05, 3.63) is 21.9 Å². The number of aromatic carboxylic acids is 1.